The molecule has 0 atom stereocenters. The minimum Gasteiger partial charge on any atom is -0.0775 e. The van der Waals surface area contributed by atoms with E-state index in [4.69, 9.17) is 0 Å². The Morgan fingerprint density at radius 1 is 1.38 bits per heavy atom. The summed E-state index contributed by atoms with van der Waals surface area (Å²) in [6, 6.07) is 0. The molecule has 0 saturated heterocycles. The summed E-state index contributed by atoms with van der Waals surface area (Å²) in [6.45, 7) is 4.30. The van der Waals surface area contributed by atoms with Crippen LogP contribution in [-0.2, 0) is 25.8 Å². The molecule has 0 aromatic rings. The molecule has 0 aliphatic heterocycles. The Labute approximate surface area is 69.5 Å². The van der Waals surface area contributed by atoms with Gasteiger partial charge in [-0.05, 0) is 20.3 Å². The molecule has 0 aromatic carbocycles. The van der Waals surface area contributed by atoms with Crippen molar-refractivity contribution in [3.05, 3.63) is 23.3 Å². The van der Waals surface area contributed by atoms with E-state index in [0.29, 0.717) is 0 Å². The molecular formula is C7H10Hf. The third-order valence-electron chi connectivity index (χ3n) is 1.22. The van der Waals surface area contributed by atoms with Crippen LogP contribution in [0.25, 0.3) is 0 Å². The summed E-state index contributed by atoms with van der Waals surface area (Å²) in [5.41, 5.74) is 2.90. The molecule has 0 bridgehead atoms. The fourth-order valence-corrected chi connectivity index (χ4v) is 0.828. The Hall–Kier alpha value is 0.350. The van der Waals surface area contributed by atoms with Crippen LogP contribution in [0.1, 0.15) is 20.3 Å². The zero-order valence-corrected chi connectivity index (χ0v) is 8.95. The Morgan fingerprint density at radius 3 is 2.12 bits per heavy atom. The predicted molar refractivity (Wildman–Crippen MR) is 32.1 cm³/mol. The van der Waals surface area contributed by atoms with Crippen molar-refractivity contribution in [1.82, 2.24) is 0 Å². The monoisotopic (exact) mass is 274 g/mol. The van der Waals surface area contributed by atoms with E-state index in [-0.39, 0.29) is 25.8 Å². The van der Waals surface area contributed by atoms with Gasteiger partial charge in [-0.3, -0.25) is 0 Å². The number of rotatable bonds is 0. The van der Waals surface area contributed by atoms with Gasteiger partial charge < -0.3 is 0 Å². The van der Waals surface area contributed by atoms with Crippen molar-refractivity contribution in [2.75, 3.05) is 0 Å². The van der Waals surface area contributed by atoms with Crippen LogP contribution < -0.4 is 0 Å². The maximum absolute atomic E-state index is 2.25. The molecule has 1 heteroatoms. The smallest absolute Gasteiger partial charge is 0 e. The first kappa shape index (κ1) is 8.35. The molecule has 0 spiro atoms. The molecular weight excluding hydrogens is 263 g/mol. The van der Waals surface area contributed by atoms with Crippen LogP contribution in [0.15, 0.2) is 23.3 Å². The van der Waals surface area contributed by atoms with Crippen molar-refractivity contribution in [2.24, 2.45) is 0 Å². The van der Waals surface area contributed by atoms with E-state index in [0.717, 1.165) is 0 Å². The predicted octanol–water partition coefficient (Wildman–Crippen LogP) is 2.28. The molecule has 8 heavy (non-hydrogen) atoms. The zero-order valence-electron chi connectivity index (χ0n) is 5.36. The van der Waals surface area contributed by atoms with Gasteiger partial charge in [0.25, 0.3) is 0 Å². The molecule has 0 N–H and O–H groups in total. The van der Waals surface area contributed by atoms with Gasteiger partial charge in [-0.15, -0.1) is 0 Å². The molecule has 1 aliphatic carbocycles. The maximum atomic E-state index is 2.25. The van der Waals surface area contributed by atoms with Crippen molar-refractivity contribution < 1.29 is 25.8 Å². The minimum absolute atomic E-state index is 0. The normalized spacial score (nSPS) is 16.8. The van der Waals surface area contributed by atoms with Crippen molar-refractivity contribution in [1.29, 1.82) is 0 Å². The molecule has 0 aromatic heterocycles. The molecule has 0 radical (unpaired) electrons. The molecule has 42 valence electrons. The third kappa shape index (κ3) is 2.08. The SMILES string of the molecule is CC1=CCC(C)=C1.[Hf]. The quantitative estimate of drug-likeness (QED) is 0.594. The second kappa shape index (κ2) is 3.39. The van der Waals surface area contributed by atoms with Crippen LogP contribution in [0.3, 0.4) is 0 Å². The van der Waals surface area contributed by atoms with Crippen LogP contribution in [0.5, 0.6) is 0 Å². The molecule has 0 nitrogen and oxygen atoms in total. The van der Waals surface area contributed by atoms with Crippen molar-refractivity contribution in [3.8, 4) is 0 Å². The molecule has 0 amide bonds. The van der Waals surface area contributed by atoms with Crippen LogP contribution >= 0.6 is 0 Å². The van der Waals surface area contributed by atoms with E-state index >= 15 is 0 Å². The Kier molecular flexibility index (Phi) is 3.54. The van der Waals surface area contributed by atoms with E-state index in [1.165, 1.54) is 17.6 Å². The first-order chi connectivity index (χ1) is 3.29. The number of hydrogen-bond donors (Lipinski definition) is 0. The van der Waals surface area contributed by atoms with E-state index < -0.39 is 0 Å². The summed E-state index contributed by atoms with van der Waals surface area (Å²) in [5, 5.41) is 0. The van der Waals surface area contributed by atoms with Gasteiger partial charge in [0.2, 0.25) is 0 Å². The van der Waals surface area contributed by atoms with Crippen LogP contribution in [0, 0.1) is 0 Å². The van der Waals surface area contributed by atoms with Gasteiger partial charge in [0, 0.05) is 25.8 Å². The Morgan fingerprint density at radius 2 is 2.00 bits per heavy atom. The summed E-state index contributed by atoms with van der Waals surface area (Å²) in [5.74, 6) is 0. The summed E-state index contributed by atoms with van der Waals surface area (Å²) in [4.78, 5) is 0. The van der Waals surface area contributed by atoms with E-state index in [2.05, 4.69) is 26.0 Å². The van der Waals surface area contributed by atoms with Crippen molar-refractivity contribution >= 4 is 0 Å². The summed E-state index contributed by atoms with van der Waals surface area (Å²) >= 11 is 0. The van der Waals surface area contributed by atoms with Crippen LogP contribution in [0.4, 0.5) is 0 Å². The van der Waals surface area contributed by atoms with Crippen LogP contribution in [-0.4, -0.2) is 0 Å². The van der Waals surface area contributed by atoms with Crippen LogP contribution in [0.2, 0.25) is 0 Å². The first-order valence-electron chi connectivity index (χ1n) is 2.63. The zero-order chi connectivity index (χ0) is 5.28. The first-order valence-corrected chi connectivity index (χ1v) is 2.63. The van der Waals surface area contributed by atoms with Gasteiger partial charge in [-0.1, -0.05) is 23.3 Å². The average molecular weight is 273 g/mol. The fraction of sp³-hybridized carbons (Fsp3) is 0.429. The van der Waals surface area contributed by atoms with Gasteiger partial charge >= 0.3 is 0 Å². The summed E-state index contributed by atoms with van der Waals surface area (Å²) in [6.07, 6.45) is 5.64. The summed E-state index contributed by atoms with van der Waals surface area (Å²) in [7, 11) is 0. The second-order valence-electron chi connectivity index (χ2n) is 2.14. The van der Waals surface area contributed by atoms with Gasteiger partial charge in [-0.2, -0.15) is 0 Å². The van der Waals surface area contributed by atoms with Gasteiger partial charge in [0.05, 0.1) is 0 Å². The van der Waals surface area contributed by atoms with Gasteiger partial charge in [0.15, 0.2) is 0 Å². The molecule has 0 fully saturated rings. The summed E-state index contributed by atoms with van der Waals surface area (Å²) < 4.78 is 0. The molecule has 0 heterocycles. The van der Waals surface area contributed by atoms with Crippen molar-refractivity contribution in [2.45, 2.75) is 20.3 Å². The van der Waals surface area contributed by atoms with E-state index in [1.807, 2.05) is 0 Å². The Bertz CT molecular complexity index is 131. The average Bonchev–Trinajstić information content (AvgIpc) is 1.87. The minimum atomic E-state index is 0. The van der Waals surface area contributed by atoms with E-state index in [9.17, 15) is 0 Å². The maximum Gasteiger partial charge on any atom is 0 e. The number of allylic oxidation sites excluding steroid dienone is 4. The molecule has 1 aliphatic rings. The second-order valence-corrected chi connectivity index (χ2v) is 2.14. The largest absolute Gasteiger partial charge is 0.0775 e. The fourth-order valence-electron chi connectivity index (χ4n) is 0.828. The van der Waals surface area contributed by atoms with Crippen molar-refractivity contribution in [3.63, 3.8) is 0 Å². The van der Waals surface area contributed by atoms with Gasteiger partial charge in [0.1, 0.15) is 0 Å². The molecule has 0 unspecified atom stereocenters. The Balaban J connectivity index is 0.000000490. The van der Waals surface area contributed by atoms with E-state index in [1.54, 1.807) is 0 Å². The molecule has 0 saturated carbocycles. The topological polar surface area (TPSA) is 0 Å². The third-order valence-corrected chi connectivity index (χ3v) is 1.22. The number of hydrogen-bond acceptors (Lipinski definition) is 0. The molecule has 1 rings (SSSR count). The van der Waals surface area contributed by atoms with Gasteiger partial charge in [-0.25, -0.2) is 0 Å². The standard InChI is InChI=1S/C7H10.Hf/c1-6-3-4-7(2)5-6;/h3,5H,4H2,1-2H3;.